The maximum absolute atomic E-state index is 12.4. The quantitative estimate of drug-likeness (QED) is 0.799. The summed E-state index contributed by atoms with van der Waals surface area (Å²) in [6.45, 7) is 2.98. The smallest absolute Gasteiger partial charge is 0.243 e. The van der Waals surface area contributed by atoms with Crippen molar-refractivity contribution in [3.05, 3.63) is 41.7 Å². The molecule has 0 radical (unpaired) electrons. The summed E-state index contributed by atoms with van der Waals surface area (Å²) in [5.74, 6) is 0. The van der Waals surface area contributed by atoms with Crippen LogP contribution in [0.15, 0.2) is 41.0 Å². The first kappa shape index (κ1) is 14.1. The average Bonchev–Trinajstić information content (AvgIpc) is 2.40. The molecule has 0 aliphatic carbocycles. The van der Waals surface area contributed by atoms with Crippen LogP contribution in [0.5, 0.6) is 0 Å². The van der Waals surface area contributed by atoms with Crippen LogP contribution in [0.1, 0.15) is 18.4 Å². The zero-order chi connectivity index (χ0) is 13.9. The molecule has 1 aromatic rings. The Morgan fingerprint density at radius 1 is 1.16 bits per heavy atom. The number of nitrogens with zero attached hydrogens (tertiary/aromatic N) is 1. The number of benzene rings is 1. The largest absolute Gasteiger partial charge is 0.504 e. The Bertz CT molecular complexity index is 551. The van der Waals surface area contributed by atoms with Gasteiger partial charge in [0.2, 0.25) is 10.0 Å². The van der Waals surface area contributed by atoms with Gasteiger partial charge in [0.1, 0.15) is 0 Å². The number of ether oxygens (including phenoxy) is 1. The molecule has 0 N–H and O–H groups in total. The normalized spacial score (nSPS) is 17.3. The lowest BCUT2D eigenvalue weighted by atomic mass is 10.1. The molecule has 104 valence electrons. The number of piperidine rings is 1. The lowest BCUT2D eigenvalue weighted by Gasteiger charge is -2.27. The monoisotopic (exact) mass is 281 g/mol. The van der Waals surface area contributed by atoms with Crippen LogP contribution in [0.4, 0.5) is 0 Å². The Kier molecular flexibility index (Phi) is 4.27. The minimum absolute atomic E-state index is 0.372. The van der Waals surface area contributed by atoms with Crippen LogP contribution in [0.3, 0.4) is 0 Å². The second-order valence-electron chi connectivity index (χ2n) is 4.73. The first-order chi connectivity index (χ1) is 9.04. The van der Waals surface area contributed by atoms with E-state index in [1.54, 1.807) is 29.8 Å². The molecule has 4 nitrogen and oxygen atoms in total. The van der Waals surface area contributed by atoms with Gasteiger partial charge in [-0.1, -0.05) is 17.7 Å². The van der Waals surface area contributed by atoms with Crippen molar-refractivity contribution in [1.29, 1.82) is 0 Å². The van der Waals surface area contributed by atoms with E-state index in [9.17, 15) is 8.42 Å². The molecule has 2 rings (SSSR count). The Morgan fingerprint density at radius 2 is 1.74 bits per heavy atom. The summed E-state index contributed by atoms with van der Waals surface area (Å²) < 4.78 is 31.4. The Hall–Kier alpha value is -1.33. The van der Waals surface area contributed by atoms with Crippen LogP contribution in [0, 0.1) is 6.92 Å². The number of hydrogen-bond acceptors (Lipinski definition) is 3. The molecule has 19 heavy (non-hydrogen) atoms. The van der Waals surface area contributed by atoms with E-state index in [2.05, 4.69) is 0 Å². The number of sulfonamides is 1. The molecule has 0 amide bonds. The predicted octanol–water partition coefficient (Wildman–Crippen LogP) is 2.31. The molecule has 5 heteroatoms. The number of rotatable bonds is 3. The van der Waals surface area contributed by atoms with Crippen LogP contribution >= 0.6 is 0 Å². The van der Waals surface area contributed by atoms with Gasteiger partial charge in [-0.2, -0.15) is 4.31 Å². The molecule has 0 aromatic heterocycles. The van der Waals surface area contributed by atoms with Gasteiger partial charge >= 0.3 is 0 Å². The van der Waals surface area contributed by atoms with E-state index >= 15 is 0 Å². The predicted molar refractivity (Wildman–Crippen MR) is 74.3 cm³/mol. The van der Waals surface area contributed by atoms with Gasteiger partial charge in [-0.3, -0.25) is 0 Å². The van der Waals surface area contributed by atoms with Crippen molar-refractivity contribution in [1.82, 2.24) is 4.31 Å². The summed E-state index contributed by atoms with van der Waals surface area (Å²) in [6.07, 6.45) is 3.19. The van der Waals surface area contributed by atoms with Gasteiger partial charge in [0.25, 0.3) is 0 Å². The Morgan fingerprint density at radius 3 is 2.26 bits per heavy atom. The van der Waals surface area contributed by atoms with Crippen LogP contribution in [0.2, 0.25) is 0 Å². The van der Waals surface area contributed by atoms with Gasteiger partial charge in [0.05, 0.1) is 18.3 Å². The molecule has 0 unspecified atom stereocenters. The third-order valence-electron chi connectivity index (χ3n) is 3.31. The van der Waals surface area contributed by atoms with E-state index in [1.165, 1.54) is 0 Å². The molecule has 0 saturated carbocycles. The summed E-state index contributed by atoms with van der Waals surface area (Å²) >= 11 is 0. The minimum atomic E-state index is -3.35. The fraction of sp³-hybridized carbons (Fsp3) is 0.429. The van der Waals surface area contributed by atoms with E-state index < -0.39 is 10.0 Å². The van der Waals surface area contributed by atoms with Crippen molar-refractivity contribution in [2.45, 2.75) is 24.7 Å². The third-order valence-corrected chi connectivity index (χ3v) is 5.22. The Balaban J connectivity index is 2.14. The van der Waals surface area contributed by atoms with Gasteiger partial charge in [-0.15, -0.1) is 0 Å². The molecule has 0 bridgehead atoms. The molecule has 1 aliphatic heterocycles. The van der Waals surface area contributed by atoms with Gasteiger partial charge in [0, 0.05) is 13.1 Å². The fourth-order valence-corrected chi connectivity index (χ4v) is 3.60. The maximum atomic E-state index is 12.4. The number of hydrogen-bond donors (Lipinski definition) is 0. The van der Waals surface area contributed by atoms with Crippen molar-refractivity contribution in [2.24, 2.45) is 0 Å². The van der Waals surface area contributed by atoms with Crippen LogP contribution < -0.4 is 0 Å². The van der Waals surface area contributed by atoms with E-state index in [0.29, 0.717) is 18.0 Å². The standard InChI is InChI=1S/C14H19NO3S/c1-12-3-5-14(6-4-12)19(16,17)15-9-7-13(8-10-15)11-18-2/h3-6,11H,7-10H2,1-2H3. The van der Waals surface area contributed by atoms with E-state index in [0.717, 1.165) is 24.0 Å². The molecular weight excluding hydrogens is 262 g/mol. The van der Waals surface area contributed by atoms with Crippen molar-refractivity contribution in [2.75, 3.05) is 20.2 Å². The molecule has 1 aliphatic rings. The summed E-state index contributed by atoms with van der Waals surface area (Å²) in [7, 11) is -1.74. The molecule has 0 atom stereocenters. The molecule has 1 heterocycles. The molecule has 1 saturated heterocycles. The van der Waals surface area contributed by atoms with Crippen molar-refractivity contribution in [3.63, 3.8) is 0 Å². The number of aryl methyl sites for hydroxylation is 1. The summed E-state index contributed by atoms with van der Waals surface area (Å²) in [5.41, 5.74) is 2.22. The molecule has 1 fully saturated rings. The first-order valence-electron chi connectivity index (χ1n) is 6.31. The van der Waals surface area contributed by atoms with Crippen molar-refractivity contribution >= 4 is 10.0 Å². The van der Waals surface area contributed by atoms with Crippen LogP contribution in [-0.2, 0) is 14.8 Å². The maximum Gasteiger partial charge on any atom is 0.243 e. The molecule has 1 aromatic carbocycles. The first-order valence-corrected chi connectivity index (χ1v) is 7.75. The van der Waals surface area contributed by atoms with Gasteiger partial charge in [-0.25, -0.2) is 8.42 Å². The third kappa shape index (κ3) is 3.16. The summed E-state index contributed by atoms with van der Waals surface area (Å²) in [5, 5.41) is 0. The minimum Gasteiger partial charge on any atom is -0.504 e. The highest BCUT2D eigenvalue weighted by atomic mass is 32.2. The lowest BCUT2D eigenvalue weighted by molar-refractivity contribution is 0.319. The highest BCUT2D eigenvalue weighted by Crippen LogP contribution is 2.23. The fourth-order valence-electron chi connectivity index (χ4n) is 2.16. The van der Waals surface area contributed by atoms with E-state index in [4.69, 9.17) is 4.74 Å². The zero-order valence-corrected chi connectivity index (χ0v) is 12.1. The van der Waals surface area contributed by atoms with Gasteiger partial charge in [-0.05, 0) is 37.5 Å². The van der Waals surface area contributed by atoms with Crippen LogP contribution in [0.25, 0.3) is 0 Å². The van der Waals surface area contributed by atoms with Crippen molar-refractivity contribution in [3.8, 4) is 0 Å². The lowest BCUT2D eigenvalue weighted by Crippen LogP contribution is -2.36. The van der Waals surface area contributed by atoms with Crippen LogP contribution in [-0.4, -0.2) is 32.9 Å². The molecule has 0 spiro atoms. The molecular formula is C14H19NO3S. The van der Waals surface area contributed by atoms with E-state index in [-0.39, 0.29) is 0 Å². The highest BCUT2D eigenvalue weighted by molar-refractivity contribution is 7.89. The van der Waals surface area contributed by atoms with Gasteiger partial charge in [0.15, 0.2) is 0 Å². The highest BCUT2D eigenvalue weighted by Gasteiger charge is 2.27. The second kappa shape index (κ2) is 5.75. The topological polar surface area (TPSA) is 46.6 Å². The summed E-state index contributed by atoms with van der Waals surface area (Å²) in [6, 6.07) is 7.00. The second-order valence-corrected chi connectivity index (χ2v) is 6.67. The van der Waals surface area contributed by atoms with E-state index in [1.807, 2.05) is 19.1 Å². The Labute approximate surface area is 114 Å². The van der Waals surface area contributed by atoms with Crippen molar-refractivity contribution < 1.29 is 13.2 Å². The number of methoxy groups -OCH3 is 1. The average molecular weight is 281 g/mol. The van der Waals surface area contributed by atoms with Gasteiger partial charge < -0.3 is 4.74 Å². The zero-order valence-electron chi connectivity index (χ0n) is 11.3. The SMILES string of the molecule is COC=C1CCN(S(=O)(=O)c2ccc(C)cc2)CC1. The summed E-state index contributed by atoms with van der Waals surface area (Å²) in [4.78, 5) is 0.372.